The molecule has 2 atom stereocenters. The van der Waals surface area contributed by atoms with Gasteiger partial charge in [0.1, 0.15) is 12.4 Å². The summed E-state index contributed by atoms with van der Waals surface area (Å²) in [6.45, 7) is 7.22. The van der Waals surface area contributed by atoms with E-state index in [1.165, 1.54) is 6.07 Å². The lowest BCUT2D eigenvalue weighted by atomic mass is 9.82. The lowest BCUT2D eigenvalue weighted by Crippen LogP contribution is -2.61. The molecule has 0 radical (unpaired) electrons. The first kappa shape index (κ1) is 23.2. The Morgan fingerprint density at radius 3 is 2.70 bits per heavy atom. The van der Waals surface area contributed by atoms with Gasteiger partial charge in [-0.2, -0.15) is 13.2 Å². The molecule has 176 valence electrons. The number of anilines is 1. The monoisotopic (exact) mass is 459 g/mol. The van der Waals surface area contributed by atoms with Crippen LogP contribution in [-0.4, -0.2) is 56.2 Å². The van der Waals surface area contributed by atoms with Crippen molar-refractivity contribution < 1.29 is 22.7 Å². The second-order valence-corrected chi connectivity index (χ2v) is 8.41. The number of nitrogens with zero attached hydrogens (tertiary/aromatic N) is 2. The molecule has 2 aliphatic rings. The number of hydrogen-bond acceptors (Lipinski definition) is 4. The van der Waals surface area contributed by atoms with E-state index in [4.69, 9.17) is 4.74 Å². The van der Waals surface area contributed by atoms with E-state index in [2.05, 4.69) is 21.7 Å². The average molecular weight is 460 g/mol. The van der Waals surface area contributed by atoms with Crippen molar-refractivity contribution >= 4 is 11.6 Å². The fraction of sp³-hybridized carbons (Fsp3) is 0.400. The highest BCUT2D eigenvalue weighted by Crippen LogP contribution is 2.39. The standard InChI is InChI=1S/C25H28F3N3O2/c1-2-10-29-24(32)21-16-18-15-19(25(26,27)28)8-9-22(18)31-12-11-30(17-23(21)31)13-14-33-20-6-4-3-5-7-20/h2-9,15,21,23H,1,10-14,16-17H2,(H,29,32)/t21-,23+/m0/s1. The third kappa shape index (κ3) is 5.33. The maximum Gasteiger partial charge on any atom is 0.416 e. The van der Waals surface area contributed by atoms with E-state index in [1.807, 2.05) is 30.3 Å². The smallest absolute Gasteiger partial charge is 0.416 e. The van der Waals surface area contributed by atoms with E-state index >= 15 is 0 Å². The Bertz CT molecular complexity index is 981. The van der Waals surface area contributed by atoms with Crippen molar-refractivity contribution in [2.24, 2.45) is 5.92 Å². The first-order chi connectivity index (χ1) is 15.9. The molecule has 1 fully saturated rings. The Labute approximate surface area is 191 Å². The van der Waals surface area contributed by atoms with Crippen LogP contribution in [0, 0.1) is 5.92 Å². The van der Waals surface area contributed by atoms with Gasteiger partial charge in [-0.05, 0) is 42.3 Å². The van der Waals surface area contributed by atoms with E-state index in [9.17, 15) is 18.0 Å². The number of alkyl halides is 3. The number of amides is 1. The summed E-state index contributed by atoms with van der Waals surface area (Å²) in [6.07, 6.45) is -2.54. The number of carbonyl (C=O) groups is 1. The summed E-state index contributed by atoms with van der Waals surface area (Å²) in [5, 5.41) is 2.84. The number of piperazine rings is 1. The quantitative estimate of drug-likeness (QED) is 0.641. The van der Waals surface area contributed by atoms with Crippen LogP contribution in [0.4, 0.5) is 18.9 Å². The van der Waals surface area contributed by atoms with Gasteiger partial charge >= 0.3 is 6.18 Å². The molecule has 5 nitrogen and oxygen atoms in total. The topological polar surface area (TPSA) is 44.8 Å². The van der Waals surface area contributed by atoms with Gasteiger partial charge in [-0.15, -0.1) is 6.58 Å². The Morgan fingerprint density at radius 2 is 1.97 bits per heavy atom. The highest BCUT2D eigenvalue weighted by atomic mass is 19.4. The first-order valence-corrected chi connectivity index (χ1v) is 11.1. The van der Waals surface area contributed by atoms with Crippen LogP contribution in [0.3, 0.4) is 0 Å². The second kappa shape index (κ2) is 9.87. The molecule has 0 unspecified atom stereocenters. The van der Waals surface area contributed by atoms with Gasteiger partial charge in [-0.3, -0.25) is 9.69 Å². The molecule has 1 N–H and O–H groups in total. The van der Waals surface area contributed by atoms with Crippen molar-refractivity contribution in [3.63, 3.8) is 0 Å². The highest BCUT2D eigenvalue weighted by Gasteiger charge is 2.42. The molecule has 4 rings (SSSR count). The van der Waals surface area contributed by atoms with Crippen LogP contribution in [0.1, 0.15) is 11.1 Å². The number of para-hydroxylation sites is 1. The van der Waals surface area contributed by atoms with Crippen LogP contribution in [-0.2, 0) is 17.4 Å². The zero-order valence-corrected chi connectivity index (χ0v) is 18.4. The van der Waals surface area contributed by atoms with Crippen LogP contribution in [0.25, 0.3) is 0 Å². The Morgan fingerprint density at radius 1 is 1.18 bits per heavy atom. The van der Waals surface area contributed by atoms with Crippen molar-refractivity contribution in [3.05, 3.63) is 72.3 Å². The molecular weight excluding hydrogens is 431 g/mol. The summed E-state index contributed by atoms with van der Waals surface area (Å²) >= 11 is 0. The fourth-order valence-corrected chi connectivity index (χ4v) is 4.68. The van der Waals surface area contributed by atoms with E-state index in [1.54, 1.807) is 12.1 Å². The number of halogens is 3. The predicted octanol–water partition coefficient (Wildman–Crippen LogP) is 3.75. The number of benzene rings is 2. The van der Waals surface area contributed by atoms with Gasteiger partial charge in [-0.25, -0.2) is 0 Å². The van der Waals surface area contributed by atoms with Crippen molar-refractivity contribution in [1.29, 1.82) is 0 Å². The number of hydrogen-bond donors (Lipinski definition) is 1. The van der Waals surface area contributed by atoms with E-state index < -0.39 is 17.7 Å². The number of fused-ring (bicyclic) bond motifs is 3. The predicted molar refractivity (Wildman–Crippen MR) is 121 cm³/mol. The minimum absolute atomic E-state index is 0.121. The molecule has 2 heterocycles. The SMILES string of the molecule is C=CCNC(=O)[C@H]1Cc2cc(C(F)(F)F)ccc2N2CCN(CCOc3ccccc3)C[C@H]12. The summed E-state index contributed by atoms with van der Waals surface area (Å²) in [4.78, 5) is 17.3. The van der Waals surface area contributed by atoms with Gasteiger partial charge in [0, 0.05) is 38.4 Å². The molecule has 2 aromatic carbocycles. The number of ether oxygens (including phenoxy) is 1. The molecule has 8 heteroatoms. The summed E-state index contributed by atoms with van der Waals surface area (Å²) < 4.78 is 45.7. The zero-order valence-electron chi connectivity index (χ0n) is 18.4. The second-order valence-electron chi connectivity index (χ2n) is 8.41. The fourth-order valence-electron chi connectivity index (χ4n) is 4.68. The molecule has 2 aromatic rings. The molecule has 1 saturated heterocycles. The summed E-state index contributed by atoms with van der Waals surface area (Å²) in [5.74, 6) is 0.207. The van der Waals surface area contributed by atoms with Gasteiger partial charge in [0.25, 0.3) is 0 Å². The third-order valence-corrected chi connectivity index (χ3v) is 6.30. The van der Waals surface area contributed by atoms with Crippen LogP contribution in [0.15, 0.2) is 61.2 Å². The Hall–Kier alpha value is -3.00. The van der Waals surface area contributed by atoms with Crippen LogP contribution in [0.5, 0.6) is 5.75 Å². The van der Waals surface area contributed by atoms with E-state index in [-0.39, 0.29) is 18.4 Å². The number of rotatable bonds is 7. The summed E-state index contributed by atoms with van der Waals surface area (Å²) in [5.41, 5.74) is 0.684. The molecule has 0 spiro atoms. The molecule has 2 aliphatic heterocycles. The van der Waals surface area contributed by atoms with Crippen molar-refractivity contribution in [2.75, 3.05) is 44.2 Å². The van der Waals surface area contributed by atoms with Crippen molar-refractivity contribution in [1.82, 2.24) is 10.2 Å². The molecule has 33 heavy (non-hydrogen) atoms. The van der Waals surface area contributed by atoms with Gasteiger partial charge in [0.15, 0.2) is 0 Å². The third-order valence-electron chi connectivity index (χ3n) is 6.30. The molecular formula is C25H28F3N3O2. The van der Waals surface area contributed by atoms with E-state index in [0.717, 1.165) is 24.0 Å². The maximum absolute atomic E-state index is 13.3. The first-order valence-electron chi connectivity index (χ1n) is 11.1. The number of nitrogens with one attached hydrogen (secondary N) is 1. The largest absolute Gasteiger partial charge is 0.492 e. The molecule has 1 amide bonds. The van der Waals surface area contributed by atoms with Gasteiger partial charge in [0.05, 0.1) is 17.5 Å². The highest BCUT2D eigenvalue weighted by molar-refractivity contribution is 5.82. The van der Waals surface area contributed by atoms with Crippen molar-refractivity contribution in [2.45, 2.75) is 18.6 Å². The lowest BCUT2D eigenvalue weighted by molar-refractivity contribution is -0.137. The molecule has 0 aliphatic carbocycles. The molecule has 0 aromatic heterocycles. The van der Waals surface area contributed by atoms with Gasteiger partial charge in [0.2, 0.25) is 5.91 Å². The zero-order chi connectivity index (χ0) is 23.4. The summed E-state index contributed by atoms with van der Waals surface area (Å²) in [6, 6.07) is 13.3. The lowest BCUT2D eigenvalue weighted by Gasteiger charge is -2.49. The normalized spacial score (nSPS) is 20.5. The van der Waals surface area contributed by atoms with Crippen LogP contribution >= 0.6 is 0 Å². The minimum atomic E-state index is -4.41. The van der Waals surface area contributed by atoms with Crippen LogP contribution < -0.4 is 15.0 Å². The van der Waals surface area contributed by atoms with Crippen molar-refractivity contribution in [3.8, 4) is 5.75 Å². The summed E-state index contributed by atoms with van der Waals surface area (Å²) in [7, 11) is 0. The Kier molecular flexibility index (Phi) is 6.93. The number of carbonyl (C=O) groups excluding carboxylic acids is 1. The van der Waals surface area contributed by atoms with Crippen LogP contribution in [0.2, 0.25) is 0 Å². The molecule has 0 bridgehead atoms. The Balaban J connectivity index is 1.51. The average Bonchev–Trinajstić information content (AvgIpc) is 2.81. The van der Waals surface area contributed by atoms with Gasteiger partial charge in [-0.1, -0.05) is 24.3 Å². The molecule has 0 saturated carbocycles. The van der Waals surface area contributed by atoms with Gasteiger partial charge < -0.3 is 15.0 Å². The maximum atomic E-state index is 13.3. The minimum Gasteiger partial charge on any atom is -0.492 e. The van der Waals surface area contributed by atoms with E-state index in [0.29, 0.717) is 38.3 Å².